The van der Waals surface area contributed by atoms with Crippen LogP contribution in [0.1, 0.15) is 24.9 Å². The molecule has 0 saturated heterocycles. The maximum Gasteiger partial charge on any atom is 0.350 e. The van der Waals surface area contributed by atoms with Crippen LogP contribution in [-0.4, -0.2) is 46.2 Å². The first-order valence-electron chi connectivity index (χ1n) is 9.29. The molecule has 0 fully saturated rings. The molecule has 32 heavy (non-hydrogen) atoms. The Kier molecular flexibility index (Phi) is 9.09. The number of hydrogen-bond acceptors (Lipinski definition) is 9. The van der Waals surface area contributed by atoms with Gasteiger partial charge in [-0.2, -0.15) is 0 Å². The Labute approximate surface area is 189 Å². The minimum atomic E-state index is -4.35. The van der Waals surface area contributed by atoms with E-state index < -0.39 is 31.8 Å². The van der Waals surface area contributed by atoms with Crippen molar-refractivity contribution in [2.75, 3.05) is 12.3 Å². The third-order valence-corrected chi connectivity index (χ3v) is 9.16. The molecule has 0 spiro atoms. The monoisotopic (exact) mass is 502 g/mol. The van der Waals surface area contributed by atoms with Crippen LogP contribution in [0, 0.1) is 0 Å². The van der Waals surface area contributed by atoms with Crippen LogP contribution < -0.4 is 10.2 Å². The molecule has 1 heterocycles. The number of carbonyl (C=O) groups is 2. The fourth-order valence-corrected chi connectivity index (χ4v) is 6.63. The first-order valence-corrected chi connectivity index (χ1v) is 13.2. The van der Waals surface area contributed by atoms with E-state index >= 15 is 0 Å². The van der Waals surface area contributed by atoms with Crippen LogP contribution in [0.4, 0.5) is 0 Å². The molecule has 174 valence electrons. The Bertz CT molecular complexity index is 1170. The van der Waals surface area contributed by atoms with Crippen molar-refractivity contribution in [1.29, 1.82) is 0 Å². The molecule has 1 aromatic carbocycles. The zero-order valence-electron chi connectivity index (χ0n) is 16.9. The summed E-state index contributed by atoms with van der Waals surface area (Å²) < 4.78 is 49.4. The maximum atomic E-state index is 12.7. The number of benzene rings is 1. The first kappa shape index (κ1) is 25.7. The highest BCUT2D eigenvalue weighted by Crippen LogP contribution is 2.28. The molecule has 10 nitrogen and oxygen atoms in total. The molecule has 3 N–H and O–H groups in total. The van der Waals surface area contributed by atoms with Crippen molar-refractivity contribution < 1.29 is 36.4 Å². The highest BCUT2D eigenvalue weighted by Gasteiger charge is 2.25. The van der Waals surface area contributed by atoms with Crippen molar-refractivity contribution >= 4 is 43.1 Å². The highest BCUT2D eigenvalue weighted by atomic mass is 32.3. The average molecular weight is 503 g/mol. The predicted molar refractivity (Wildman–Crippen MR) is 117 cm³/mol. The number of carboxylic acid groups (broad SMARTS) is 1. The SMILES string of the molecule is CCNC(CCS(=O)(=O)c1ccc(S(=O)(=O)NOC(=O)/C=C\C(=O)O)s1)c1ccccc1. The van der Waals surface area contributed by atoms with Gasteiger partial charge in [0, 0.05) is 18.2 Å². The van der Waals surface area contributed by atoms with E-state index in [-0.39, 0.29) is 26.6 Å². The van der Waals surface area contributed by atoms with Crippen molar-refractivity contribution in [3.05, 3.63) is 60.2 Å². The topological polar surface area (TPSA) is 156 Å². The Morgan fingerprint density at radius 1 is 1.06 bits per heavy atom. The molecule has 13 heteroatoms. The average Bonchev–Trinajstić information content (AvgIpc) is 3.27. The van der Waals surface area contributed by atoms with E-state index in [9.17, 15) is 26.4 Å². The lowest BCUT2D eigenvalue weighted by atomic mass is 10.0. The van der Waals surface area contributed by atoms with Gasteiger partial charge in [-0.05, 0) is 35.5 Å². The first-order chi connectivity index (χ1) is 15.0. The standard InChI is InChI=1S/C19H22N2O8S3/c1-2-20-15(14-6-4-3-5-7-14)12-13-31(25,26)18-10-11-19(30-18)32(27,28)21-29-17(24)9-8-16(22)23/h3-11,15,20-21H,2,12-13H2,1H3,(H,22,23)/b9-8-. The van der Waals surface area contributed by atoms with E-state index in [0.717, 1.165) is 11.6 Å². The summed E-state index contributed by atoms with van der Waals surface area (Å²) in [4.78, 5) is 27.5. The van der Waals surface area contributed by atoms with Gasteiger partial charge in [0.15, 0.2) is 9.84 Å². The predicted octanol–water partition coefficient (Wildman–Crippen LogP) is 1.64. The van der Waals surface area contributed by atoms with Gasteiger partial charge in [0.05, 0.1) is 5.75 Å². The van der Waals surface area contributed by atoms with Gasteiger partial charge in [-0.1, -0.05) is 37.3 Å². The molecular weight excluding hydrogens is 480 g/mol. The van der Waals surface area contributed by atoms with E-state index in [0.29, 0.717) is 30.0 Å². The van der Waals surface area contributed by atoms with Gasteiger partial charge in [0.25, 0.3) is 10.0 Å². The minimum Gasteiger partial charge on any atom is -0.478 e. The molecule has 0 aliphatic rings. The zero-order valence-corrected chi connectivity index (χ0v) is 19.4. The molecule has 0 amide bonds. The molecule has 0 radical (unpaired) electrons. The summed E-state index contributed by atoms with van der Waals surface area (Å²) in [5.41, 5.74) is 0.946. The van der Waals surface area contributed by atoms with Gasteiger partial charge in [-0.25, -0.2) is 26.4 Å². The van der Waals surface area contributed by atoms with Crippen LogP contribution in [0.2, 0.25) is 0 Å². The summed E-state index contributed by atoms with van der Waals surface area (Å²) in [6, 6.07) is 11.5. The summed E-state index contributed by atoms with van der Waals surface area (Å²) in [6.45, 7) is 2.56. The summed E-state index contributed by atoms with van der Waals surface area (Å²) in [5.74, 6) is -2.88. The number of aliphatic carboxylic acids is 1. The largest absolute Gasteiger partial charge is 0.478 e. The van der Waals surface area contributed by atoms with Crippen LogP contribution >= 0.6 is 11.3 Å². The molecule has 0 saturated carbocycles. The number of nitrogens with one attached hydrogen (secondary N) is 2. The van der Waals surface area contributed by atoms with Gasteiger partial charge in [0.1, 0.15) is 8.42 Å². The zero-order chi connectivity index (χ0) is 23.8. The Morgan fingerprint density at radius 2 is 1.72 bits per heavy atom. The Hall–Kier alpha value is -2.58. The summed E-state index contributed by atoms with van der Waals surface area (Å²) >= 11 is 0.515. The molecule has 2 rings (SSSR count). The van der Waals surface area contributed by atoms with E-state index in [2.05, 4.69) is 10.2 Å². The van der Waals surface area contributed by atoms with Gasteiger partial charge >= 0.3 is 11.9 Å². The molecular formula is C19H22N2O8S3. The van der Waals surface area contributed by atoms with Crippen molar-refractivity contribution in [3.63, 3.8) is 0 Å². The third kappa shape index (κ3) is 7.53. The fourth-order valence-electron chi connectivity index (χ4n) is 2.62. The third-order valence-electron chi connectivity index (χ3n) is 4.07. The maximum absolute atomic E-state index is 12.7. The number of carboxylic acids is 1. The number of sulfone groups is 1. The van der Waals surface area contributed by atoms with Crippen LogP contribution in [0.3, 0.4) is 0 Å². The number of carbonyl (C=O) groups excluding carboxylic acids is 1. The second-order valence-corrected chi connectivity index (χ2v) is 11.7. The van der Waals surface area contributed by atoms with Gasteiger partial charge in [0.2, 0.25) is 0 Å². The highest BCUT2D eigenvalue weighted by molar-refractivity contribution is 7.95. The van der Waals surface area contributed by atoms with E-state index in [1.54, 1.807) is 0 Å². The Balaban J connectivity index is 2.07. The Morgan fingerprint density at radius 3 is 2.34 bits per heavy atom. The molecule has 1 unspecified atom stereocenters. The second kappa shape index (κ2) is 11.3. The van der Waals surface area contributed by atoms with Gasteiger partial charge in [-0.3, -0.25) is 0 Å². The van der Waals surface area contributed by atoms with Crippen LogP contribution in [-0.2, 0) is 34.3 Å². The number of rotatable bonds is 12. The smallest absolute Gasteiger partial charge is 0.350 e. The number of thiophene rings is 1. The lowest BCUT2D eigenvalue weighted by molar-refractivity contribution is -0.141. The van der Waals surface area contributed by atoms with Crippen molar-refractivity contribution in [2.24, 2.45) is 0 Å². The van der Waals surface area contributed by atoms with Crippen LogP contribution in [0.25, 0.3) is 0 Å². The number of sulfonamides is 1. The second-order valence-electron chi connectivity index (χ2n) is 6.38. The quantitative estimate of drug-likeness (QED) is 0.290. The summed E-state index contributed by atoms with van der Waals surface area (Å²) in [7, 11) is -8.12. The lowest BCUT2D eigenvalue weighted by Gasteiger charge is -2.18. The lowest BCUT2D eigenvalue weighted by Crippen LogP contribution is -2.26. The van der Waals surface area contributed by atoms with Crippen LogP contribution in [0.15, 0.2) is 63.0 Å². The van der Waals surface area contributed by atoms with Crippen molar-refractivity contribution in [3.8, 4) is 0 Å². The molecule has 0 aliphatic carbocycles. The molecule has 0 bridgehead atoms. The van der Waals surface area contributed by atoms with E-state index in [1.165, 1.54) is 11.0 Å². The van der Waals surface area contributed by atoms with Gasteiger partial charge < -0.3 is 15.3 Å². The van der Waals surface area contributed by atoms with Crippen LogP contribution in [0.5, 0.6) is 0 Å². The van der Waals surface area contributed by atoms with E-state index in [4.69, 9.17) is 5.11 Å². The molecule has 2 aromatic rings. The van der Waals surface area contributed by atoms with Gasteiger partial charge in [-0.15, -0.1) is 11.3 Å². The molecule has 0 aliphatic heterocycles. The normalized spacial score (nSPS) is 13.2. The number of hydrogen-bond donors (Lipinski definition) is 3. The van der Waals surface area contributed by atoms with Crippen molar-refractivity contribution in [1.82, 2.24) is 10.2 Å². The summed E-state index contributed by atoms with van der Waals surface area (Å²) in [6.07, 6.45) is 1.27. The fraction of sp³-hybridized carbons (Fsp3) is 0.263. The van der Waals surface area contributed by atoms with Crippen molar-refractivity contribution in [2.45, 2.75) is 27.8 Å². The van der Waals surface area contributed by atoms with E-state index in [1.807, 2.05) is 37.3 Å². The molecule has 1 atom stereocenters. The minimum absolute atomic E-state index is 0.140. The summed E-state index contributed by atoms with van der Waals surface area (Å²) in [5, 5.41) is 11.7. The molecule has 1 aromatic heterocycles.